The molecule has 2 aliphatic heterocycles. The highest BCUT2D eigenvalue weighted by Gasteiger charge is 2.66. The van der Waals surface area contributed by atoms with Gasteiger partial charge < -0.3 is 14.8 Å². The number of carbonyl (C=O) groups excluding carboxylic acids is 3. The number of carbonyl (C=O) groups is 3. The molecule has 3 saturated carbocycles. The Kier molecular flexibility index (Phi) is 5.95. The molecule has 5 fully saturated rings. The molecule has 39 heavy (non-hydrogen) atoms. The number of pyridine rings is 1. The standard InChI is InChI=1S/C31H38N4O4/c1-17-23-14-24(29(17)32-18(2)36)28-27(23)30(38)34(31(28)39)16-21-13-20(21)15-33-11-9-22(10-12-33)35-25-6-4-3-5-19(25)7-8-26(35)37/h3-8,17,20-24,27-29H,9-16H2,1-2H3,(H,32,36)/t17?,20-,21-,23?,24?,27?,28?,29?/m1/s1. The summed E-state index contributed by atoms with van der Waals surface area (Å²) < 4.78 is 1.98. The molecule has 8 atom stereocenters. The molecule has 3 heterocycles. The van der Waals surface area contributed by atoms with Crippen molar-refractivity contribution in [2.75, 3.05) is 26.2 Å². The van der Waals surface area contributed by atoms with E-state index in [9.17, 15) is 19.2 Å². The Labute approximate surface area is 228 Å². The Hall–Kier alpha value is -3.00. The van der Waals surface area contributed by atoms with Gasteiger partial charge >= 0.3 is 0 Å². The molecule has 2 saturated heterocycles. The van der Waals surface area contributed by atoms with Crippen LogP contribution in [0.2, 0.25) is 0 Å². The SMILES string of the molecule is CC(=O)NC1C(C)C2CC1C1C(=O)N(C[C@H]3C[C@@H]3CN3CCC(n4c(=O)ccc5ccccc54)CC3)C(=O)C21. The predicted octanol–water partition coefficient (Wildman–Crippen LogP) is 2.67. The first-order valence-electron chi connectivity index (χ1n) is 14.8. The van der Waals surface area contributed by atoms with Gasteiger partial charge in [-0.3, -0.25) is 24.1 Å². The molecule has 3 aliphatic carbocycles. The smallest absolute Gasteiger partial charge is 0.251 e. The predicted molar refractivity (Wildman–Crippen MR) is 147 cm³/mol. The van der Waals surface area contributed by atoms with Gasteiger partial charge in [0.15, 0.2) is 0 Å². The Balaban J connectivity index is 0.946. The summed E-state index contributed by atoms with van der Waals surface area (Å²) in [5.74, 6) is 0.985. The van der Waals surface area contributed by atoms with E-state index in [-0.39, 0.29) is 65.0 Å². The second-order valence-electron chi connectivity index (χ2n) is 12.9. The maximum Gasteiger partial charge on any atom is 0.251 e. The lowest BCUT2D eigenvalue weighted by atomic mass is 9.73. The number of hydrogen-bond donors (Lipinski definition) is 1. The quantitative estimate of drug-likeness (QED) is 0.580. The fourth-order valence-corrected chi connectivity index (χ4v) is 8.77. The summed E-state index contributed by atoms with van der Waals surface area (Å²) in [5, 5.41) is 4.17. The van der Waals surface area contributed by atoms with E-state index in [1.54, 1.807) is 11.0 Å². The Bertz CT molecular complexity index is 1390. The summed E-state index contributed by atoms with van der Waals surface area (Å²) >= 11 is 0. The van der Waals surface area contributed by atoms with Crippen molar-refractivity contribution < 1.29 is 14.4 Å². The topological polar surface area (TPSA) is 91.7 Å². The molecular formula is C31H38N4O4. The third-order valence-electron chi connectivity index (χ3n) is 10.8. The molecule has 0 spiro atoms. The second-order valence-corrected chi connectivity index (χ2v) is 12.9. The molecule has 8 nitrogen and oxygen atoms in total. The van der Waals surface area contributed by atoms with Gasteiger partial charge in [0.2, 0.25) is 17.7 Å². The zero-order valence-corrected chi connectivity index (χ0v) is 22.8. The monoisotopic (exact) mass is 530 g/mol. The van der Waals surface area contributed by atoms with Crippen LogP contribution in [0.15, 0.2) is 41.2 Å². The van der Waals surface area contributed by atoms with Crippen molar-refractivity contribution in [3.05, 3.63) is 46.8 Å². The Morgan fingerprint density at radius 3 is 2.33 bits per heavy atom. The van der Waals surface area contributed by atoms with Gasteiger partial charge in [-0.1, -0.05) is 25.1 Å². The van der Waals surface area contributed by atoms with E-state index < -0.39 is 0 Å². The number of hydrogen-bond acceptors (Lipinski definition) is 5. The van der Waals surface area contributed by atoms with Gasteiger partial charge in [0.1, 0.15) is 0 Å². The van der Waals surface area contributed by atoms with E-state index in [0.717, 1.165) is 56.2 Å². The lowest BCUT2D eigenvalue weighted by molar-refractivity contribution is -0.141. The summed E-state index contributed by atoms with van der Waals surface area (Å²) in [6.45, 7) is 7.12. The molecule has 1 aromatic heterocycles. The fourth-order valence-electron chi connectivity index (χ4n) is 8.77. The number of benzene rings is 1. The van der Waals surface area contributed by atoms with Crippen LogP contribution in [0.5, 0.6) is 0 Å². The Morgan fingerprint density at radius 2 is 1.59 bits per heavy atom. The van der Waals surface area contributed by atoms with Crippen LogP contribution >= 0.6 is 0 Å². The normalized spacial score (nSPS) is 36.1. The summed E-state index contributed by atoms with van der Waals surface area (Å²) in [7, 11) is 0. The van der Waals surface area contributed by atoms with Crippen LogP contribution in [-0.2, 0) is 14.4 Å². The molecule has 1 N–H and O–H groups in total. The Morgan fingerprint density at radius 1 is 0.897 bits per heavy atom. The minimum absolute atomic E-state index is 0.00625. The van der Waals surface area contributed by atoms with Gasteiger partial charge in [-0.25, -0.2) is 0 Å². The molecule has 5 aliphatic rings. The number of nitrogens with zero attached hydrogens (tertiary/aromatic N) is 3. The van der Waals surface area contributed by atoms with Crippen molar-refractivity contribution in [1.82, 2.24) is 19.7 Å². The number of nitrogens with one attached hydrogen (secondary N) is 1. The first-order valence-corrected chi connectivity index (χ1v) is 14.8. The molecule has 8 heteroatoms. The van der Waals surface area contributed by atoms with E-state index in [1.807, 2.05) is 28.8 Å². The highest BCUT2D eigenvalue weighted by Crippen LogP contribution is 2.59. The van der Waals surface area contributed by atoms with Gasteiger partial charge in [0.25, 0.3) is 5.56 Å². The molecular weight excluding hydrogens is 492 g/mol. The maximum absolute atomic E-state index is 13.4. The van der Waals surface area contributed by atoms with E-state index in [4.69, 9.17) is 0 Å². The number of rotatable bonds is 6. The van der Waals surface area contributed by atoms with Gasteiger partial charge in [-0.05, 0) is 72.8 Å². The first-order chi connectivity index (χ1) is 18.8. The minimum Gasteiger partial charge on any atom is -0.353 e. The summed E-state index contributed by atoms with van der Waals surface area (Å²) in [4.78, 5) is 55.4. The molecule has 7 rings (SSSR count). The van der Waals surface area contributed by atoms with Crippen LogP contribution in [0, 0.1) is 41.4 Å². The average Bonchev–Trinajstić information content (AvgIpc) is 3.30. The van der Waals surface area contributed by atoms with Crippen molar-refractivity contribution in [2.24, 2.45) is 41.4 Å². The van der Waals surface area contributed by atoms with E-state index in [0.29, 0.717) is 18.4 Å². The highest BCUT2D eigenvalue weighted by molar-refractivity contribution is 6.06. The van der Waals surface area contributed by atoms with Crippen molar-refractivity contribution in [3.8, 4) is 0 Å². The van der Waals surface area contributed by atoms with E-state index in [1.165, 1.54) is 6.92 Å². The lowest BCUT2D eigenvalue weighted by Crippen LogP contribution is -2.48. The fraction of sp³-hybridized carbons (Fsp3) is 0.613. The molecule has 2 bridgehead atoms. The number of para-hydroxylation sites is 1. The summed E-state index contributed by atoms with van der Waals surface area (Å²) in [6, 6.07) is 11.9. The van der Waals surface area contributed by atoms with Gasteiger partial charge in [-0.15, -0.1) is 0 Å². The number of aromatic nitrogens is 1. The third-order valence-corrected chi connectivity index (χ3v) is 10.8. The maximum atomic E-state index is 13.4. The minimum atomic E-state index is -0.246. The van der Waals surface area contributed by atoms with Crippen molar-refractivity contribution in [3.63, 3.8) is 0 Å². The summed E-state index contributed by atoms with van der Waals surface area (Å²) in [6.07, 6.45) is 3.84. The molecule has 3 amide bonds. The third kappa shape index (κ3) is 4.05. The van der Waals surface area contributed by atoms with Crippen molar-refractivity contribution in [1.29, 1.82) is 0 Å². The zero-order chi connectivity index (χ0) is 27.0. The molecule has 206 valence electrons. The van der Waals surface area contributed by atoms with E-state index in [2.05, 4.69) is 23.2 Å². The largest absolute Gasteiger partial charge is 0.353 e. The van der Waals surface area contributed by atoms with Crippen LogP contribution in [0.4, 0.5) is 0 Å². The number of piperidine rings is 1. The van der Waals surface area contributed by atoms with Crippen molar-refractivity contribution in [2.45, 2.75) is 51.6 Å². The molecule has 6 unspecified atom stereocenters. The molecule has 1 aromatic carbocycles. The lowest BCUT2D eigenvalue weighted by Gasteiger charge is -2.34. The molecule has 0 radical (unpaired) electrons. The highest BCUT2D eigenvalue weighted by atomic mass is 16.2. The number of imide groups is 1. The van der Waals surface area contributed by atoms with Gasteiger partial charge in [0.05, 0.1) is 17.4 Å². The molecule has 2 aromatic rings. The summed E-state index contributed by atoms with van der Waals surface area (Å²) in [5.41, 5.74) is 1.09. The average molecular weight is 531 g/mol. The van der Waals surface area contributed by atoms with Crippen molar-refractivity contribution >= 4 is 28.6 Å². The zero-order valence-electron chi connectivity index (χ0n) is 22.8. The van der Waals surface area contributed by atoms with Crippen LogP contribution < -0.4 is 10.9 Å². The second kappa shape index (κ2) is 9.29. The number of likely N-dealkylation sites (tertiary alicyclic amines) is 2. The van der Waals surface area contributed by atoms with Crippen LogP contribution in [0.25, 0.3) is 10.9 Å². The van der Waals surface area contributed by atoms with Gasteiger partial charge in [0, 0.05) is 51.3 Å². The van der Waals surface area contributed by atoms with Crippen LogP contribution in [-0.4, -0.2) is 64.3 Å². The van der Waals surface area contributed by atoms with Crippen LogP contribution in [0.3, 0.4) is 0 Å². The first kappa shape index (κ1) is 25.0. The number of amides is 3. The van der Waals surface area contributed by atoms with E-state index >= 15 is 0 Å². The van der Waals surface area contributed by atoms with Crippen LogP contribution in [0.1, 0.15) is 45.6 Å². The van der Waals surface area contributed by atoms with Gasteiger partial charge in [-0.2, -0.15) is 0 Å². The number of fused-ring (bicyclic) bond motifs is 6.